The van der Waals surface area contributed by atoms with E-state index in [-0.39, 0.29) is 24.0 Å². The Kier molecular flexibility index (Phi) is 10.2. The molecule has 0 unspecified atom stereocenters. The van der Waals surface area contributed by atoms with E-state index in [0.717, 1.165) is 41.6 Å². The van der Waals surface area contributed by atoms with Crippen molar-refractivity contribution in [2.75, 3.05) is 20.2 Å². The number of nitrogens with zero attached hydrogens (tertiary/aromatic N) is 2. The monoisotopic (exact) mass is 486 g/mol. The molecule has 0 aliphatic rings. The van der Waals surface area contributed by atoms with Gasteiger partial charge < -0.3 is 19.9 Å². The quantitative estimate of drug-likeness (QED) is 0.257. The van der Waals surface area contributed by atoms with Crippen molar-refractivity contribution in [1.29, 1.82) is 0 Å². The summed E-state index contributed by atoms with van der Waals surface area (Å²) in [4.78, 5) is 4.26. The molecule has 0 spiro atoms. The fourth-order valence-electron chi connectivity index (χ4n) is 2.89. The third kappa shape index (κ3) is 7.04. The van der Waals surface area contributed by atoms with E-state index in [1.54, 1.807) is 7.05 Å². The Morgan fingerprint density at radius 1 is 1.11 bits per heavy atom. The Morgan fingerprint density at radius 2 is 1.81 bits per heavy atom. The van der Waals surface area contributed by atoms with E-state index in [1.165, 1.54) is 11.1 Å². The van der Waals surface area contributed by atoms with Crippen LogP contribution in [0.25, 0.3) is 0 Å². The van der Waals surface area contributed by atoms with Crippen LogP contribution in [0.4, 0.5) is 0 Å². The lowest BCUT2D eigenvalue weighted by Crippen LogP contribution is -2.39. The number of guanidine groups is 1. The van der Waals surface area contributed by atoms with Crippen molar-refractivity contribution >= 4 is 29.9 Å². The molecular formula is C20H31IN4O2. The van der Waals surface area contributed by atoms with E-state index in [2.05, 4.69) is 54.5 Å². The molecule has 0 amide bonds. The molecule has 0 aliphatic heterocycles. The number of ether oxygens (including phenoxy) is 1. The van der Waals surface area contributed by atoms with Crippen LogP contribution in [0, 0.1) is 13.8 Å². The molecule has 1 aromatic heterocycles. The second kappa shape index (κ2) is 11.8. The molecule has 2 rings (SSSR count). The number of halogens is 1. The lowest BCUT2D eigenvalue weighted by atomic mass is 10.1. The molecule has 1 aromatic carbocycles. The Labute approximate surface area is 179 Å². The molecule has 0 saturated carbocycles. The third-order valence-corrected chi connectivity index (χ3v) is 4.12. The van der Waals surface area contributed by atoms with Crippen LogP contribution < -0.4 is 15.4 Å². The van der Waals surface area contributed by atoms with Gasteiger partial charge in [0.25, 0.3) is 0 Å². The molecule has 0 saturated heterocycles. The van der Waals surface area contributed by atoms with E-state index >= 15 is 0 Å². The van der Waals surface area contributed by atoms with E-state index in [9.17, 15) is 0 Å². The minimum Gasteiger partial charge on any atom is -0.492 e. The molecule has 2 N–H and O–H groups in total. The van der Waals surface area contributed by atoms with E-state index in [4.69, 9.17) is 9.26 Å². The highest BCUT2D eigenvalue weighted by atomic mass is 127. The molecular weight excluding hydrogens is 455 g/mol. The minimum absolute atomic E-state index is 0. The number of aliphatic imine (C=N–C) groups is 1. The summed E-state index contributed by atoms with van der Waals surface area (Å²) in [5.74, 6) is 2.57. The molecule has 0 fully saturated rings. The lowest BCUT2D eigenvalue weighted by molar-refractivity contribution is 0.321. The van der Waals surface area contributed by atoms with Gasteiger partial charge in [-0.1, -0.05) is 25.1 Å². The van der Waals surface area contributed by atoms with Crippen molar-refractivity contribution in [2.45, 2.75) is 47.1 Å². The standard InChI is InChI=1S/C20H30N4O2.HI/c1-6-18-17(19(7-2)26-24-18)13-23-20(21-5)22-8-9-25-16-11-14(3)10-15(4)12-16;/h10-12H,6-9,13H2,1-5H3,(H2,21,22,23);1H. The van der Waals surface area contributed by atoms with Gasteiger partial charge in [0, 0.05) is 25.6 Å². The predicted octanol–water partition coefficient (Wildman–Crippen LogP) is 3.78. The van der Waals surface area contributed by atoms with Gasteiger partial charge in [-0.15, -0.1) is 24.0 Å². The summed E-state index contributed by atoms with van der Waals surface area (Å²) in [6, 6.07) is 6.23. The molecule has 2 aromatic rings. The zero-order valence-electron chi connectivity index (χ0n) is 16.9. The zero-order valence-corrected chi connectivity index (χ0v) is 19.2. The Morgan fingerprint density at radius 3 is 2.41 bits per heavy atom. The highest BCUT2D eigenvalue weighted by Crippen LogP contribution is 2.16. The molecule has 0 atom stereocenters. The van der Waals surface area contributed by atoms with E-state index in [1.807, 2.05) is 12.1 Å². The van der Waals surface area contributed by atoms with Crippen LogP contribution in [0.3, 0.4) is 0 Å². The van der Waals surface area contributed by atoms with Crippen molar-refractivity contribution in [1.82, 2.24) is 15.8 Å². The summed E-state index contributed by atoms with van der Waals surface area (Å²) >= 11 is 0. The maximum absolute atomic E-state index is 5.82. The van der Waals surface area contributed by atoms with Crippen molar-refractivity contribution in [3.8, 4) is 5.75 Å². The zero-order chi connectivity index (χ0) is 18.9. The lowest BCUT2D eigenvalue weighted by Gasteiger charge is -2.13. The Bertz CT molecular complexity index is 702. The smallest absolute Gasteiger partial charge is 0.191 e. The second-order valence-corrected chi connectivity index (χ2v) is 6.26. The third-order valence-electron chi connectivity index (χ3n) is 4.12. The molecule has 0 radical (unpaired) electrons. The molecule has 1 heterocycles. The predicted molar refractivity (Wildman–Crippen MR) is 120 cm³/mol. The van der Waals surface area contributed by atoms with Crippen LogP contribution in [0.1, 0.15) is 42.0 Å². The van der Waals surface area contributed by atoms with Gasteiger partial charge in [0.2, 0.25) is 0 Å². The number of hydrogen-bond donors (Lipinski definition) is 2. The molecule has 7 heteroatoms. The average Bonchev–Trinajstić information content (AvgIpc) is 3.02. The number of benzene rings is 1. The maximum atomic E-state index is 5.82. The normalized spacial score (nSPS) is 11.1. The number of hydrogen-bond acceptors (Lipinski definition) is 4. The number of nitrogens with one attached hydrogen (secondary N) is 2. The first kappa shape index (κ1) is 23.3. The second-order valence-electron chi connectivity index (χ2n) is 6.26. The van der Waals surface area contributed by atoms with E-state index < -0.39 is 0 Å². The van der Waals surface area contributed by atoms with Crippen LogP contribution in [0.2, 0.25) is 0 Å². The van der Waals surface area contributed by atoms with E-state index in [0.29, 0.717) is 19.7 Å². The van der Waals surface area contributed by atoms with Crippen LogP contribution in [-0.2, 0) is 19.4 Å². The van der Waals surface area contributed by atoms with Gasteiger partial charge in [-0.05, 0) is 43.5 Å². The van der Waals surface area contributed by atoms with Gasteiger partial charge in [-0.2, -0.15) is 0 Å². The fourth-order valence-corrected chi connectivity index (χ4v) is 2.89. The van der Waals surface area contributed by atoms with Crippen LogP contribution in [-0.4, -0.2) is 31.3 Å². The van der Waals surface area contributed by atoms with Crippen LogP contribution >= 0.6 is 24.0 Å². The Balaban J connectivity index is 0.00000364. The SMILES string of the molecule is CCc1noc(CC)c1CNC(=NC)NCCOc1cc(C)cc(C)c1.I. The van der Waals surface area contributed by atoms with Gasteiger partial charge in [0.1, 0.15) is 18.1 Å². The van der Waals surface area contributed by atoms with Gasteiger partial charge in [0.15, 0.2) is 5.96 Å². The van der Waals surface area contributed by atoms with Crippen molar-refractivity contribution in [3.63, 3.8) is 0 Å². The minimum atomic E-state index is 0. The van der Waals surface area contributed by atoms with Gasteiger partial charge >= 0.3 is 0 Å². The van der Waals surface area contributed by atoms with Crippen LogP contribution in [0.15, 0.2) is 27.7 Å². The summed E-state index contributed by atoms with van der Waals surface area (Å²) in [6.07, 6.45) is 1.69. The highest BCUT2D eigenvalue weighted by Gasteiger charge is 2.13. The number of aryl methyl sites for hydroxylation is 4. The summed E-state index contributed by atoms with van der Waals surface area (Å²) in [6.45, 7) is 10.2. The fraction of sp³-hybridized carbons (Fsp3) is 0.500. The van der Waals surface area contributed by atoms with Crippen molar-refractivity contribution < 1.29 is 9.26 Å². The Hall–Kier alpha value is -1.77. The van der Waals surface area contributed by atoms with Gasteiger partial charge in [-0.25, -0.2) is 0 Å². The number of rotatable bonds is 8. The maximum Gasteiger partial charge on any atom is 0.191 e. The van der Waals surface area contributed by atoms with Crippen molar-refractivity contribution in [2.24, 2.45) is 4.99 Å². The molecule has 27 heavy (non-hydrogen) atoms. The topological polar surface area (TPSA) is 71.7 Å². The first-order valence-electron chi connectivity index (χ1n) is 9.19. The first-order chi connectivity index (χ1) is 12.6. The summed E-state index contributed by atoms with van der Waals surface area (Å²) in [5, 5.41) is 10.7. The molecule has 0 bridgehead atoms. The summed E-state index contributed by atoms with van der Waals surface area (Å²) in [5.41, 5.74) is 4.54. The molecule has 150 valence electrons. The van der Waals surface area contributed by atoms with Crippen molar-refractivity contribution in [3.05, 3.63) is 46.3 Å². The average molecular weight is 486 g/mol. The van der Waals surface area contributed by atoms with Crippen LogP contribution in [0.5, 0.6) is 5.75 Å². The van der Waals surface area contributed by atoms with Gasteiger partial charge in [-0.3, -0.25) is 4.99 Å². The summed E-state index contributed by atoms with van der Waals surface area (Å²) < 4.78 is 11.2. The molecule has 6 nitrogen and oxygen atoms in total. The largest absolute Gasteiger partial charge is 0.492 e. The number of aromatic nitrogens is 1. The summed E-state index contributed by atoms with van der Waals surface area (Å²) in [7, 11) is 1.76. The molecule has 0 aliphatic carbocycles. The van der Waals surface area contributed by atoms with Gasteiger partial charge in [0.05, 0.1) is 12.2 Å². The first-order valence-corrected chi connectivity index (χ1v) is 9.19. The highest BCUT2D eigenvalue weighted by molar-refractivity contribution is 14.0.